The minimum atomic E-state index is 0.590. The maximum atomic E-state index is 8.61. The third-order valence-corrected chi connectivity index (χ3v) is 2.58. The van der Waals surface area contributed by atoms with E-state index in [-0.39, 0.29) is 0 Å². The van der Waals surface area contributed by atoms with Crippen LogP contribution in [0.3, 0.4) is 0 Å². The van der Waals surface area contributed by atoms with E-state index in [4.69, 9.17) is 9.68 Å². The van der Waals surface area contributed by atoms with Gasteiger partial charge in [0.05, 0.1) is 18.9 Å². The molecular weight excluding hydrogens is 200 g/mol. The summed E-state index contributed by atoms with van der Waals surface area (Å²) in [6, 6.07) is 6.09. The molecule has 3 heteroatoms. The van der Waals surface area contributed by atoms with E-state index in [1.165, 1.54) is 19.3 Å². The minimum Gasteiger partial charge on any atom is -0.468 e. The number of furan rings is 1. The van der Waals surface area contributed by atoms with E-state index < -0.39 is 0 Å². The average Bonchev–Trinajstić information content (AvgIpc) is 2.78. The molecule has 0 aliphatic rings. The number of nitrogens with zero attached hydrogens (tertiary/aromatic N) is 2. The van der Waals surface area contributed by atoms with Crippen molar-refractivity contribution in [3.8, 4) is 6.07 Å². The first kappa shape index (κ1) is 12.8. The van der Waals surface area contributed by atoms with Crippen LogP contribution < -0.4 is 0 Å². The molecule has 0 aliphatic heterocycles. The molecule has 3 nitrogen and oxygen atoms in total. The second kappa shape index (κ2) is 7.95. The van der Waals surface area contributed by atoms with Crippen molar-refractivity contribution in [2.24, 2.45) is 0 Å². The summed E-state index contributed by atoms with van der Waals surface area (Å²) in [5, 5.41) is 8.61. The zero-order valence-electron chi connectivity index (χ0n) is 9.98. The minimum absolute atomic E-state index is 0.590. The number of nitriles is 1. The number of hydrogen-bond acceptors (Lipinski definition) is 3. The Balaban J connectivity index is 2.34. The van der Waals surface area contributed by atoms with Gasteiger partial charge in [0, 0.05) is 13.0 Å². The van der Waals surface area contributed by atoms with Crippen LogP contribution >= 0.6 is 0 Å². The van der Waals surface area contributed by atoms with Crippen LogP contribution in [0, 0.1) is 11.3 Å². The normalized spacial score (nSPS) is 10.6. The monoisotopic (exact) mass is 220 g/mol. The lowest BCUT2D eigenvalue weighted by molar-refractivity contribution is 0.244. The molecule has 1 aromatic rings. The highest BCUT2D eigenvalue weighted by atomic mass is 16.3. The van der Waals surface area contributed by atoms with Gasteiger partial charge in [-0.2, -0.15) is 5.26 Å². The summed E-state index contributed by atoms with van der Waals surface area (Å²) in [7, 11) is 0. The summed E-state index contributed by atoms with van der Waals surface area (Å²) in [5.41, 5.74) is 0. The van der Waals surface area contributed by atoms with Gasteiger partial charge in [0.2, 0.25) is 0 Å². The largest absolute Gasteiger partial charge is 0.468 e. The third-order valence-electron chi connectivity index (χ3n) is 2.58. The molecule has 0 bridgehead atoms. The van der Waals surface area contributed by atoms with Gasteiger partial charge in [-0.1, -0.05) is 19.8 Å². The zero-order valence-corrected chi connectivity index (χ0v) is 9.98. The Bertz CT molecular complexity index is 300. The van der Waals surface area contributed by atoms with Gasteiger partial charge in [-0.25, -0.2) is 0 Å². The summed E-state index contributed by atoms with van der Waals surface area (Å²) in [6.45, 7) is 4.90. The lowest BCUT2D eigenvalue weighted by Gasteiger charge is -2.19. The van der Waals surface area contributed by atoms with Crippen molar-refractivity contribution >= 4 is 0 Å². The SMILES string of the molecule is CCCCCN(CCC#N)Cc1ccco1. The van der Waals surface area contributed by atoms with Gasteiger partial charge in [-0.05, 0) is 25.1 Å². The molecule has 1 aromatic heterocycles. The molecule has 0 aliphatic carbocycles. The standard InChI is InChI=1S/C13H20N2O/c1-2-3-4-9-15(10-6-8-14)12-13-7-5-11-16-13/h5,7,11H,2-4,6,9-10,12H2,1H3. The van der Waals surface area contributed by atoms with Gasteiger partial charge in [0.25, 0.3) is 0 Å². The second-order valence-corrected chi connectivity index (χ2v) is 3.97. The predicted octanol–water partition coefficient (Wildman–Crippen LogP) is 3.19. The molecule has 0 atom stereocenters. The van der Waals surface area contributed by atoms with Crippen molar-refractivity contribution in [2.45, 2.75) is 39.2 Å². The summed E-state index contributed by atoms with van der Waals surface area (Å²) < 4.78 is 5.33. The highest BCUT2D eigenvalue weighted by Crippen LogP contribution is 2.07. The van der Waals surface area contributed by atoms with Gasteiger partial charge >= 0.3 is 0 Å². The lowest BCUT2D eigenvalue weighted by Crippen LogP contribution is -2.25. The molecule has 0 saturated heterocycles. The number of rotatable bonds is 8. The fourth-order valence-electron chi connectivity index (χ4n) is 1.69. The van der Waals surface area contributed by atoms with Crippen LogP contribution in [0.4, 0.5) is 0 Å². The van der Waals surface area contributed by atoms with Crippen molar-refractivity contribution in [3.63, 3.8) is 0 Å². The molecule has 0 aromatic carbocycles. The van der Waals surface area contributed by atoms with Crippen LogP contribution in [-0.4, -0.2) is 18.0 Å². The molecule has 88 valence electrons. The number of unbranched alkanes of at least 4 members (excludes halogenated alkanes) is 2. The topological polar surface area (TPSA) is 40.2 Å². The summed E-state index contributed by atoms with van der Waals surface area (Å²) in [4.78, 5) is 2.29. The van der Waals surface area contributed by atoms with E-state index in [0.717, 1.165) is 25.4 Å². The smallest absolute Gasteiger partial charge is 0.117 e. The first-order chi connectivity index (χ1) is 7.86. The molecular formula is C13H20N2O. The van der Waals surface area contributed by atoms with Crippen LogP contribution in [0.1, 0.15) is 38.4 Å². The quantitative estimate of drug-likeness (QED) is 0.632. The first-order valence-corrected chi connectivity index (χ1v) is 5.98. The van der Waals surface area contributed by atoms with E-state index in [9.17, 15) is 0 Å². The molecule has 0 amide bonds. The molecule has 0 fully saturated rings. The van der Waals surface area contributed by atoms with Gasteiger partial charge < -0.3 is 4.42 Å². The summed E-state index contributed by atoms with van der Waals surface area (Å²) in [6.07, 6.45) is 5.97. The van der Waals surface area contributed by atoms with E-state index >= 15 is 0 Å². The van der Waals surface area contributed by atoms with Gasteiger partial charge in [0.15, 0.2) is 0 Å². The van der Waals surface area contributed by atoms with Crippen molar-refractivity contribution in [1.82, 2.24) is 4.90 Å². The molecule has 0 unspecified atom stereocenters. The highest BCUT2D eigenvalue weighted by molar-refractivity contribution is 4.97. The fourth-order valence-corrected chi connectivity index (χ4v) is 1.69. The van der Waals surface area contributed by atoms with Gasteiger partial charge in [-0.3, -0.25) is 4.90 Å². The van der Waals surface area contributed by atoms with E-state index in [0.29, 0.717) is 6.42 Å². The maximum Gasteiger partial charge on any atom is 0.117 e. The Morgan fingerprint density at radius 3 is 2.88 bits per heavy atom. The Morgan fingerprint density at radius 1 is 1.38 bits per heavy atom. The Kier molecular flexibility index (Phi) is 6.36. The molecule has 1 rings (SSSR count). The fraction of sp³-hybridized carbons (Fsp3) is 0.615. The van der Waals surface area contributed by atoms with E-state index in [1.807, 2.05) is 12.1 Å². The summed E-state index contributed by atoms with van der Waals surface area (Å²) in [5.74, 6) is 0.981. The average molecular weight is 220 g/mol. The van der Waals surface area contributed by atoms with Crippen LogP contribution in [0.25, 0.3) is 0 Å². The Labute approximate surface area is 97.7 Å². The lowest BCUT2D eigenvalue weighted by atomic mass is 10.2. The van der Waals surface area contributed by atoms with Gasteiger partial charge in [-0.15, -0.1) is 0 Å². The van der Waals surface area contributed by atoms with E-state index in [1.54, 1.807) is 6.26 Å². The molecule has 0 radical (unpaired) electrons. The van der Waals surface area contributed by atoms with Gasteiger partial charge in [0.1, 0.15) is 5.76 Å². The maximum absolute atomic E-state index is 8.61. The van der Waals surface area contributed by atoms with Crippen molar-refractivity contribution in [1.29, 1.82) is 5.26 Å². The third kappa shape index (κ3) is 4.99. The van der Waals surface area contributed by atoms with Crippen LogP contribution in [0.5, 0.6) is 0 Å². The Hall–Kier alpha value is -1.27. The number of hydrogen-bond donors (Lipinski definition) is 0. The van der Waals surface area contributed by atoms with Crippen molar-refractivity contribution in [3.05, 3.63) is 24.2 Å². The van der Waals surface area contributed by atoms with Crippen LogP contribution in [-0.2, 0) is 6.54 Å². The molecule has 1 heterocycles. The highest BCUT2D eigenvalue weighted by Gasteiger charge is 2.06. The van der Waals surface area contributed by atoms with Crippen molar-refractivity contribution in [2.75, 3.05) is 13.1 Å². The van der Waals surface area contributed by atoms with E-state index in [2.05, 4.69) is 17.9 Å². The van der Waals surface area contributed by atoms with Crippen LogP contribution in [0.15, 0.2) is 22.8 Å². The Morgan fingerprint density at radius 2 is 2.25 bits per heavy atom. The van der Waals surface area contributed by atoms with Crippen molar-refractivity contribution < 1.29 is 4.42 Å². The molecule has 0 saturated carbocycles. The summed E-state index contributed by atoms with van der Waals surface area (Å²) >= 11 is 0. The molecule has 0 N–H and O–H groups in total. The molecule has 16 heavy (non-hydrogen) atoms. The first-order valence-electron chi connectivity index (χ1n) is 5.98. The zero-order chi connectivity index (χ0) is 11.6. The second-order valence-electron chi connectivity index (χ2n) is 3.97. The van der Waals surface area contributed by atoms with Crippen LogP contribution in [0.2, 0.25) is 0 Å². The predicted molar refractivity (Wildman–Crippen MR) is 63.7 cm³/mol. The molecule has 0 spiro atoms.